The van der Waals surface area contributed by atoms with Crippen LogP contribution in [0.25, 0.3) is 0 Å². The average molecular weight is 349 g/mol. The van der Waals surface area contributed by atoms with E-state index in [1.54, 1.807) is 20.8 Å². The smallest absolute Gasteiger partial charge is 0.416 e. The summed E-state index contributed by atoms with van der Waals surface area (Å²) in [5.74, 6) is -3.21. The van der Waals surface area contributed by atoms with E-state index >= 15 is 0 Å². The quantitative estimate of drug-likeness (QED) is 0.631. The molecule has 1 atom stereocenters. The van der Waals surface area contributed by atoms with Crippen LogP contribution in [0.15, 0.2) is 18.2 Å². The predicted octanol–water partition coefficient (Wildman–Crippen LogP) is 3.55. The van der Waals surface area contributed by atoms with Gasteiger partial charge in [0.1, 0.15) is 11.9 Å². The SMILES string of the molecule is CCCOC(=O)C(NC(=O)c1cc(F)cc(C(F)(F)F)c1)C(C)C. The van der Waals surface area contributed by atoms with Gasteiger partial charge in [0, 0.05) is 5.56 Å². The maximum absolute atomic E-state index is 13.4. The molecule has 0 aromatic heterocycles. The zero-order valence-corrected chi connectivity index (χ0v) is 13.5. The van der Waals surface area contributed by atoms with Crippen LogP contribution in [0.2, 0.25) is 0 Å². The fourth-order valence-corrected chi connectivity index (χ4v) is 1.90. The van der Waals surface area contributed by atoms with Crippen LogP contribution in [0, 0.1) is 11.7 Å². The number of nitrogens with one attached hydrogen (secondary N) is 1. The molecule has 0 bridgehead atoms. The second-order valence-electron chi connectivity index (χ2n) is 5.59. The maximum Gasteiger partial charge on any atom is 0.416 e. The van der Waals surface area contributed by atoms with Gasteiger partial charge in [0.25, 0.3) is 5.91 Å². The Labute approximate surface area is 137 Å². The Morgan fingerprint density at radius 1 is 1.21 bits per heavy atom. The van der Waals surface area contributed by atoms with Gasteiger partial charge in [-0.05, 0) is 30.5 Å². The van der Waals surface area contributed by atoms with Gasteiger partial charge in [0.2, 0.25) is 0 Å². The lowest BCUT2D eigenvalue weighted by molar-refractivity contribution is -0.147. The number of carbonyl (C=O) groups excluding carboxylic acids is 2. The Bertz CT molecular complexity index is 599. The monoisotopic (exact) mass is 349 g/mol. The van der Waals surface area contributed by atoms with E-state index in [1.807, 2.05) is 0 Å². The number of rotatable bonds is 6. The molecule has 24 heavy (non-hydrogen) atoms. The fraction of sp³-hybridized carbons (Fsp3) is 0.500. The Balaban J connectivity index is 3.00. The first-order valence-corrected chi connectivity index (χ1v) is 7.41. The zero-order valence-electron chi connectivity index (χ0n) is 13.5. The van der Waals surface area contributed by atoms with Gasteiger partial charge in [-0.25, -0.2) is 9.18 Å². The van der Waals surface area contributed by atoms with Crippen molar-refractivity contribution in [2.45, 2.75) is 39.4 Å². The number of amides is 1. The number of halogens is 4. The third-order valence-corrected chi connectivity index (χ3v) is 3.14. The standard InChI is InChI=1S/C16H19F4NO3/c1-4-5-24-15(23)13(9(2)3)21-14(22)10-6-11(16(18,19)20)8-12(17)7-10/h6-9,13H,4-5H2,1-3H3,(H,21,22). The molecule has 0 radical (unpaired) electrons. The van der Waals surface area contributed by atoms with Crippen molar-refractivity contribution in [3.63, 3.8) is 0 Å². The van der Waals surface area contributed by atoms with Crippen LogP contribution in [0.5, 0.6) is 0 Å². The summed E-state index contributed by atoms with van der Waals surface area (Å²) < 4.78 is 56.4. The van der Waals surface area contributed by atoms with Gasteiger partial charge in [-0.15, -0.1) is 0 Å². The van der Waals surface area contributed by atoms with E-state index in [-0.39, 0.29) is 12.5 Å². The molecular weight excluding hydrogens is 330 g/mol. The molecule has 0 saturated heterocycles. The molecular formula is C16H19F4NO3. The molecule has 1 N–H and O–H groups in total. The highest BCUT2D eigenvalue weighted by Gasteiger charge is 2.33. The molecule has 0 aliphatic heterocycles. The minimum atomic E-state index is -4.78. The molecule has 0 saturated carbocycles. The first-order valence-electron chi connectivity index (χ1n) is 7.41. The van der Waals surface area contributed by atoms with E-state index in [0.717, 1.165) is 0 Å². The molecule has 1 aromatic rings. The summed E-state index contributed by atoms with van der Waals surface area (Å²) >= 11 is 0. The minimum absolute atomic E-state index is 0.163. The molecule has 0 spiro atoms. The van der Waals surface area contributed by atoms with Crippen LogP contribution in [-0.2, 0) is 15.7 Å². The lowest BCUT2D eigenvalue weighted by Gasteiger charge is -2.21. The zero-order chi connectivity index (χ0) is 18.5. The summed E-state index contributed by atoms with van der Waals surface area (Å²) in [6, 6.07) is 0.472. The second kappa shape index (κ2) is 8.12. The van der Waals surface area contributed by atoms with E-state index in [0.29, 0.717) is 24.6 Å². The first-order chi connectivity index (χ1) is 11.1. The molecule has 1 rings (SSSR count). The van der Waals surface area contributed by atoms with E-state index < -0.39 is 41.0 Å². The molecule has 0 fully saturated rings. The van der Waals surface area contributed by atoms with Crippen LogP contribution >= 0.6 is 0 Å². The first kappa shape index (κ1) is 19.9. The second-order valence-corrected chi connectivity index (χ2v) is 5.59. The Hall–Kier alpha value is -2.12. The van der Waals surface area contributed by atoms with Crippen molar-refractivity contribution in [1.82, 2.24) is 5.32 Å². The third-order valence-electron chi connectivity index (χ3n) is 3.14. The van der Waals surface area contributed by atoms with Gasteiger partial charge in [-0.2, -0.15) is 13.2 Å². The Kier molecular flexibility index (Phi) is 6.74. The van der Waals surface area contributed by atoms with Crippen LogP contribution in [-0.4, -0.2) is 24.5 Å². The lowest BCUT2D eigenvalue weighted by Crippen LogP contribution is -2.45. The van der Waals surface area contributed by atoms with E-state index in [9.17, 15) is 27.2 Å². The number of benzene rings is 1. The van der Waals surface area contributed by atoms with Gasteiger partial charge in [-0.1, -0.05) is 20.8 Å². The van der Waals surface area contributed by atoms with E-state index in [4.69, 9.17) is 4.74 Å². The molecule has 1 aromatic carbocycles. The van der Waals surface area contributed by atoms with Crippen LogP contribution in [0.4, 0.5) is 17.6 Å². The van der Waals surface area contributed by atoms with Crippen molar-refractivity contribution in [2.24, 2.45) is 5.92 Å². The van der Waals surface area contributed by atoms with Crippen LogP contribution < -0.4 is 5.32 Å². The predicted molar refractivity (Wildman–Crippen MR) is 78.7 cm³/mol. The van der Waals surface area contributed by atoms with Gasteiger partial charge in [0.05, 0.1) is 12.2 Å². The summed E-state index contributed by atoms with van der Waals surface area (Å²) in [5, 5.41) is 2.30. The van der Waals surface area contributed by atoms with Gasteiger partial charge >= 0.3 is 12.1 Å². The highest BCUT2D eigenvalue weighted by molar-refractivity contribution is 5.97. The van der Waals surface area contributed by atoms with Crippen molar-refractivity contribution in [3.05, 3.63) is 35.1 Å². The normalized spacial score (nSPS) is 12.8. The Morgan fingerprint density at radius 2 is 1.83 bits per heavy atom. The molecule has 0 aliphatic carbocycles. The van der Waals surface area contributed by atoms with Crippen molar-refractivity contribution in [1.29, 1.82) is 0 Å². The highest BCUT2D eigenvalue weighted by Crippen LogP contribution is 2.30. The van der Waals surface area contributed by atoms with E-state index in [2.05, 4.69) is 5.32 Å². The Morgan fingerprint density at radius 3 is 2.33 bits per heavy atom. The van der Waals surface area contributed by atoms with Gasteiger partial charge in [0.15, 0.2) is 0 Å². The number of carbonyl (C=O) groups is 2. The molecule has 4 nitrogen and oxygen atoms in total. The van der Waals surface area contributed by atoms with Crippen LogP contribution in [0.3, 0.4) is 0 Å². The summed E-state index contributed by atoms with van der Waals surface area (Å²) in [6.07, 6.45) is -4.20. The molecule has 0 aliphatic rings. The number of esters is 1. The summed E-state index contributed by atoms with van der Waals surface area (Å²) in [4.78, 5) is 24.0. The lowest BCUT2D eigenvalue weighted by atomic mass is 10.0. The number of hydrogen-bond donors (Lipinski definition) is 1. The van der Waals surface area contributed by atoms with Crippen LogP contribution in [0.1, 0.15) is 43.1 Å². The summed E-state index contributed by atoms with van der Waals surface area (Å²) in [6.45, 7) is 5.24. The maximum atomic E-state index is 13.4. The van der Waals surface area contributed by atoms with Crippen molar-refractivity contribution >= 4 is 11.9 Å². The number of alkyl halides is 3. The van der Waals surface area contributed by atoms with Gasteiger partial charge < -0.3 is 10.1 Å². The van der Waals surface area contributed by atoms with Crippen molar-refractivity contribution < 1.29 is 31.9 Å². The molecule has 0 heterocycles. The highest BCUT2D eigenvalue weighted by atomic mass is 19.4. The van der Waals surface area contributed by atoms with E-state index in [1.165, 1.54) is 0 Å². The summed E-state index contributed by atoms with van der Waals surface area (Å²) in [7, 11) is 0. The summed E-state index contributed by atoms with van der Waals surface area (Å²) in [5.41, 5.74) is -1.79. The van der Waals surface area contributed by atoms with Crippen molar-refractivity contribution in [3.8, 4) is 0 Å². The molecule has 1 unspecified atom stereocenters. The topological polar surface area (TPSA) is 55.4 Å². The third kappa shape index (κ3) is 5.50. The fourth-order valence-electron chi connectivity index (χ4n) is 1.90. The average Bonchev–Trinajstić information content (AvgIpc) is 2.48. The number of ether oxygens (including phenoxy) is 1. The largest absolute Gasteiger partial charge is 0.464 e. The minimum Gasteiger partial charge on any atom is -0.464 e. The van der Waals surface area contributed by atoms with Crippen molar-refractivity contribution in [2.75, 3.05) is 6.61 Å². The molecule has 134 valence electrons. The molecule has 8 heteroatoms. The molecule has 1 amide bonds. The van der Waals surface area contributed by atoms with Gasteiger partial charge in [-0.3, -0.25) is 4.79 Å². The number of hydrogen-bond acceptors (Lipinski definition) is 3.